The monoisotopic (exact) mass is 3360 g/mol. The normalized spacial score (nSPS) is 11.4. The van der Waals surface area contributed by atoms with Crippen LogP contribution in [0.2, 0.25) is 10.2 Å². The van der Waals surface area contributed by atoms with E-state index < -0.39 is 104 Å². The summed E-state index contributed by atoms with van der Waals surface area (Å²) in [6, 6.07) is 57.4. The van der Waals surface area contributed by atoms with Gasteiger partial charge in [0.1, 0.15) is 40.9 Å². The summed E-state index contributed by atoms with van der Waals surface area (Å²) in [6.45, 7) is 22.0. The van der Waals surface area contributed by atoms with Crippen LogP contribution in [0, 0.1) is 97.3 Å². The molecule has 3 N–H and O–H groups in total. The third-order valence-electron chi connectivity index (χ3n) is 21.5. The Hall–Kier alpha value is -9.88. The summed E-state index contributed by atoms with van der Waals surface area (Å²) in [5.74, 6) is -6.45. The van der Waals surface area contributed by atoms with Gasteiger partial charge in [0.05, 0.1) is 51.7 Å². The summed E-state index contributed by atoms with van der Waals surface area (Å²) >= 11 is 21.7. The van der Waals surface area contributed by atoms with Crippen molar-refractivity contribution in [3.05, 3.63) is 389 Å². The van der Waals surface area contributed by atoms with Crippen molar-refractivity contribution in [2.75, 3.05) is 0 Å². The molecule has 0 atom stereocenters. The van der Waals surface area contributed by atoms with Crippen LogP contribution in [0.15, 0.2) is 199 Å². The number of hydrogen-bond acceptors (Lipinski definition) is 20. The van der Waals surface area contributed by atoms with E-state index in [4.69, 9.17) is 33.3 Å². The molecule has 780 valence electrons. The number of aromatic nitrogens is 21. The molecule has 0 spiro atoms. The Morgan fingerprint density at radius 1 is 0.351 bits per heavy atom. The molecule has 0 unspecified atom stereocenters. The van der Waals surface area contributed by atoms with E-state index in [1.807, 2.05) is 78.8 Å². The maximum absolute atomic E-state index is 14.4. The van der Waals surface area contributed by atoms with Crippen LogP contribution in [0.1, 0.15) is 180 Å². The fourth-order valence-electron chi connectivity index (χ4n) is 13.5. The van der Waals surface area contributed by atoms with Gasteiger partial charge in [0.25, 0.3) is 0 Å². The fourth-order valence-corrected chi connectivity index (χ4v) is 16.4. The molecule has 17 aromatic heterocycles. The fraction of sp³-hybridized carbons (Fsp3) is 0.192. The Labute approximate surface area is 970 Å². The third kappa shape index (κ3) is 30.1. The maximum Gasteiger partial charge on any atom is 2.00 e. The minimum Gasteiger partial charge on any atom is -0.477 e. The van der Waals surface area contributed by atoms with Gasteiger partial charge in [-0.05, 0) is 199 Å². The Morgan fingerprint density at radius 3 is 1.10 bits per heavy atom. The minimum absolute atomic E-state index is 0. The Balaban J connectivity index is 0.000000224. The number of rotatable bonds is 20. The van der Waals surface area contributed by atoms with Crippen LogP contribution in [0.5, 0.6) is 0 Å². The number of alkyl halides is 6. The summed E-state index contributed by atoms with van der Waals surface area (Å²) in [7, 11) is 0. The molecule has 0 bridgehead atoms. The molecular formula is C99H71BrCl2F11I3N21O6Pt5-3. The van der Waals surface area contributed by atoms with E-state index in [2.05, 4.69) is 207 Å². The predicted octanol–water partition coefficient (Wildman–Crippen LogP) is 22.9. The smallest absolute Gasteiger partial charge is 0.477 e. The van der Waals surface area contributed by atoms with E-state index in [0.29, 0.717) is 66.6 Å². The van der Waals surface area contributed by atoms with Gasteiger partial charge in [0.15, 0.2) is 5.69 Å². The topological polar surface area (TPSA) is 351 Å². The second-order valence-corrected chi connectivity index (χ2v) is 38.8. The van der Waals surface area contributed by atoms with Gasteiger partial charge in [-0.2, -0.15) is 26.3 Å². The predicted molar refractivity (Wildman–Crippen MR) is 529 cm³/mol. The van der Waals surface area contributed by atoms with Gasteiger partial charge < -0.3 is 59.0 Å². The van der Waals surface area contributed by atoms with Gasteiger partial charge in [0, 0.05) is 162 Å². The molecule has 17 heterocycles. The van der Waals surface area contributed by atoms with E-state index in [1.54, 1.807) is 138 Å². The molecule has 0 aliphatic carbocycles. The van der Waals surface area contributed by atoms with Crippen molar-refractivity contribution in [3.8, 4) is 57.0 Å². The zero-order chi connectivity index (χ0) is 104. The van der Waals surface area contributed by atoms with Crippen LogP contribution in [0.3, 0.4) is 0 Å². The van der Waals surface area contributed by atoms with E-state index in [9.17, 15) is 72.9 Å². The molecule has 17 rings (SSSR count). The summed E-state index contributed by atoms with van der Waals surface area (Å²) in [6.07, 6.45) is 1.58. The van der Waals surface area contributed by atoms with Crippen LogP contribution < -0.4 is 0 Å². The number of pyridine rings is 13. The molecule has 49 heteroatoms. The number of aryl methyl sites for hydroxylation is 2. The van der Waals surface area contributed by atoms with E-state index in [1.165, 1.54) is 39.7 Å². The number of halogens is 17. The van der Waals surface area contributed by atoms with Crippen LogP contribution in [-0.2, 0) is 145 Å². The molecule has 17 aromatic rings. The van der Waals surface area contributed by atoms with E-state index >= 15 is 0 Å². The summed E-state index contributed by atoms with van der Waals surface area (Å²) in [4.78, 5) is 89.4. The quantitative estimate of drug-likeness (QED) is 0.0276. The van der Waals surface area contributed by atoms with Crippen molar-refractivity contribution >= 4 is 125 Å². The number of aromatic carboxylic acids is 3. The van der Waals surface area contributed by atoms with Crippen molar-refractivity contribution in [2.45, 2.75) is 123 Å². The molecule has 148 heavy (non-hydrogen) atoms. The van der Waals surface area contributed by atoms with Gasteiger partial charge in [-0.15, -0.1) is 66.2 Å². The maximum atomic E-state index is 14.4. The van der Waals surface area contributed by atoms with Crippen molar-refractivity contribution < 1.29 is 183 Å². The number of hydrogen-bond donors (Lipinski definition) is 3. The van der Waals surface area contributed by atoms with Crippen LogP contribution in [0.4, 0.5) is 48.3 Å². The zero-order valence-electron chi connectivity index (χ0n) is 77.9. The average Bonchev–Trinajstić information content (AvgIpc) is 1.62. The van der Waals surface area contributed by atoms with E-state index in [0.717, 1.165) is 73.3 Å². The molecule has 0 fully saturated rings. The second-order valence-electron chi connectivity index (χ2n) is 33.7. The van der Waals surface area contributed by atoms with Crippen molar-refractivity contribution in [2.24, 2.45) is 0 Å². The molecule has 0 aliphatic heterocycles. The molecule has 0 radical (unpaired) electrons. The summed E-state index contributed by atoms with van der Waals surface area (Å²) in [5.41, 5.74) is 2.21. The first-order valence-electron chi connectivity index (χ1n) is 41.8. The average molecular weight is 3370 g/mol. The number of carboxylic acid groups (broad SMARTS) is 3. The molecule has 0 saturated heterocycles. The summed E-state index contributed by atoms with van der Waals surface area (Å²) < 4.78 is 154. The minimum atomic E-state index is -4.58. The molecule has 27 nitrogen and oxygen atoms in total. The van der Waals surface area contributed by atoms with Crippen LogP contribution >= 0.6 is 107 Å². The Kier molecular flexibility index (Phi) is 42.5. The van der Waals surface area contributed by atoms with Gasteiger partial charge in [-0.1, -0.05) is 201 Å². The molecule has 0 saturated carbocycles. The number of nitrogens with zero attached hydrogens (tertiary/aromatic N) is 21. The van der Waals surface area contributed by atoms with Gasteiger partial charge in [0.2, 0.25) is 0 Å². The van der Waals surface area contributed by atoms with Crippen molar-refractivity contribution in [1.82, 2.24) is 104 Å². The van der Waals surface area contributed by atoms with Gasteiger partial charge in [-0.3, -0.25) is 45.3 Å². The van der Waals surface area contributed by atoms with Gasteiger partial charge >= 0.3 is 72.4 Å². The number of carboxylic acids is 3. The van der Waals surface area contributed by atoms with Crippen LogP contribution in [-0.4, -0.2) is 137 Å². The zero-order valence-corrected chi connectivity index (χ0v) is 98.9. The second kappa shape index (κ2) is 51.0. The van der Waals surface area contributed by atoms with Crippen molar-refractivity contribution in [1.29, 1.82) is 0 Å². The standard InChI is InChI=1S/C21H16ClF3N6.C21H16F4N6.C19H13BrF2N3O2.C19H13ClF2N3O2.C19H13I3N3O2.5Pt/c2*1-13-7-9-31(28-13)19-12-14(22)11-17(27-19)20(2,3)15-5-4-6-18(26-15)30-10-8-16(29-30)21(23,24)25;1-19(2,15-9-10(20)8-13(24-15)18(26)27)14-5-3-4-12(23-14)11-6-7-16(21)25-17(11)22;1-19(2,15-9-10(21)8-13(24-15)18(26)27)14-5-3-4-12(23-14)11-6-7-16(20)25-17(11)22;1-19(2,15-9-10(20)8-13(24-15)18(26)27)14-5-3-4-12(23-14)11-6-7-16(21)25-17(11)22;;;;;/h2*4-8,11-12H,1-3H3;3*3-5,7-9H,1-2H3,(H,26,27);;;;;/q2*-2;3*-1;;;;2*+2. The summed E-state index contributed by atoms with van der Waals surface area (Å²) in [5, 5.41) is 43.6. The third-order valence-corrected chi connectivity index (χ3v) is 24.4. The number of carbonyl (C=O) groups is 3. The molecular weight excluding hydrogens is 3300 g/mol. The Bertz CT molecular complexity index is 7120. The first kappa shape index (κ1) is 123. The van der Waals surface area contributed by atoms with Crippen LogP contribution in [0.25, 0.3) is 57.0 Å². The molecule has 0 amide bonds. The molecule has 0 aromatic carbocycles. The van der Waals surface area contributed by atoms with Crippen molar-refractivity contribution in [3.63, 3.8) is 0 Å². The largest absolute Gasteiger partial charge is 2.00 e. The van der Waals surface area contributed by atoms with Gasteiger partial charge in [-0.25, -0.2) is 51.3 Å². The first-order chi connectivity index (χ1) is 67.1. The SMILES string of the molecule is CC(C)(c1cc(Br)cc(C(=O)O)n1)c1cccc(-c2[c-]cc(F)nc2F)n1.CC(C)(c1cc(F)cc(C(=O)O)n1)c1cccc(-c2[c-]cc(Cl)nc2F)n1.CC(C)(c1cc(I)cc(C(=O)O)n1)c1cccc(-c2[c-]cc(I)nc2I)n1.Cc1c[c-]n(-c2cc(Cl)cc(C(C)(C)c3cccc(-n4[c-]cc(C(F)(F)F)n4)n3)n2)n1.Cc1c[c-]n(-c2cc(F)cc(C(C)(C)c3cccc(-n4[c-]cc(C(F)(F)F)n4)n3)n2)n1.[Pt+2].[Pt+2].[Pt].[Pt].[Pt]. The first-order valence-corrected chi connectivity index (χ1v) is 46.6. The molecule has 0 aliphatic rings. The Morgan fingerprint density at radius 2 is 0.696 bits per heavy atom. The van der Waals surface area contributed by atoms with E-state index in [-0.39, 0.29) is 168 Å².